The maximum atomic E-state index is 10.7. The van der Waals surface area contributed by atoms with Crippen LogP contribution in [-0.2, 0) is 9.59 Å². The van der Waals surface area contributed by atoms with E-state index in [2.05, 4.69) is 13.8 Å². The van der Waals surface area contributed by atoms with Gasteiger partial charge < -0.3 is 5.11 Å². The smallest absolute Gasteiger partial charge is 0.163 e. The fraction of sp³-hybridized carbons (Fsp3) is 0.579. The normalized spacial score (nSPS) is 12.5. The van der Waals surface area contributed by atoms with Crippen molar-refractivity contribution in [1.29, 1.82) is 0 Å². The summed E-state index contributed by atoms with van der Waals surface area (Å²) in [5.74, 6) is 0.268. The van der Waals surface area contributed by atoms with Gasteiger partial charge in [-0.25, -0.2) is 0 Å². The molecule has 1 N–H and O–H groups in total. The minimum absolute atomic E-state index is 0. The van der Waals surface area contributed by atoms with Crippen molar-refractivity contribution in [1.82, 2.24) is 0 Å². The van der Waals surface area contributed by atoms with Crippen LogP contribution in [0.2, 0.25) is 0 Å². The predicted molar refractivity (Wildman–Crippen MR) is 98.2 cm³/mol. The summed E-state index contributed by atoms with van der Waals surface area (Å²) in [5, 5.41) is 9.22. The second-order valence-corrected chi connectivity index (χ2v) is 4.74. The molecule has 0 radical (unpaired) electrons. The van der Waals surface area contributed by atoms with Gasteiger partial charge in [-0.1, -0.05) is 47.3 Å². The Bertz CT molecular complexity index is 424. The molecule has 0 saturated heterocycles. The average molecular weight is 312 g/mol. The molecular weight excluding hydrogens is 276 g/mol. The Labute approximate surface area is 137 Å². The summed E-state index contributed by atoms with van der Waals surface area (Å²) in [7, 11) is 0. The molecule has 0 saturated carbocycles. The topological polar surface area (TPSA) is 54.4 Å². The molecule has 0 unspecified atom stereocenters. The highest BCUT2D eigenvalue weighted by Crippen LogP contribution is 2.23. The van der Waals surface area contributed by atoms with Gasteiger partial charge in [0.1, 0.15) is 5.76 Å². The molecule has 0 aliphatic heterocycles. The first-order chi connectivity index (χ1) is 9.22. The largest absolute Gasteiger partial charge is 0.507 e. The zero-order valence-electron chi connectivity index (χ0n) is 13.8. The minimum atomic E-state index is -0.0608. The predicted octanol–water partition coefficient (Wildman–Crippen LogP) is 5.97. The van der Waals surface area contributed by atoms with Crippen molar-refractivity contribution in [3.05, 3.63) is 34.6 Å². The van der Waals surface area contributed by atoms with Crippen LogP contribution in [0, 0.1) is 0 Å². The first-order valence-electron chi connectivity index (χ1n) is 6.96. The van der Waals surface area contributed by atoms with Crippen molar-refractivity contribution >= 4 is 11.6 Å². The molecule has 22 heavy (non-hydrogen) atoms. The van der Waals surface area contributed by atoms with Crippen LogP contribution in [0.1, 0.15) is 76.2 Å². The third-order valence-corrected chi connectivity index (χ3v) is 2.64. The Balaban J connectivity index is -0.000000120. The van der Waals surface area contributed by atoms with Crippen LogP contribution in [0.5, 0.6) is 0 Å². The highest BCUT2D eigenvalue weighted by atomic mass is 16.3. The van der Waals surface area contributed by atoms with E-state index >= 15 is 0 Å². The molecular formula is C19H36O3. The lowest BCUT2D eigenvalue weighted by molar-refractivity contribution is -0.114. The molecule has 0 atom stereocenters. The number of carbonyl (C=O) groups excluding carboxylic acids is 2. The van der Waals surface area contributed by atoms with Gasteiger partial charge in [0, 0.05) is 0 Å². The molecule has 3 nitrogen and oxygen atoms in total. The summed E-state index contributed by atoms with van der Waals surface area (Å²) in [4.78, 5) is 21.0. The molecule has 0 aromatic heterocycles. The third-order valence-electron chi connectivity index (χ3n) is 2.64. The second kappa shape index (κ2) is 15.7. The summed E-state index contributed by atoms with van der Waals surface area (Å²) in [6.07, 6.45) is 5.52. The van der Waals surface area contributed by atoms with Crippen LogP contribution in [0.25, 0.3) is 0 Å². The average Bonchev–Trinajstić information content (AvgIpc) is 2.70. The molecule has 3 heteroatoms. The summed E-state index contributed by atoms with van der Waals surface area (Å²) < 4.78 is 0. The second-order valence-electron chi connectivity index (χ2n) is 4.74. The van der Waals surface area contributed by atoms with E-state index in [-0.39, 0.29) is 32.2 Å². The number of hydrogen-bond donors (Lipinski definition) is 1. The van der Waals surface area contributed by atoms with Crippen molar-refractivity contribution < 1.29 is 14.7 Å². The number of ketones is 2. The lowest BCUT2D eigenvalue weighted by atomic mass is 10.2. The Hall–Kier alpha value is -1.64. The Morgan fingerprint density at radius 2 is 1.59 bits per heavy atom. The summed E-state index contributed by atoms with van der Waals surface area (Å²) in [6.45, 7) is 12.8. The molecule has 0 aromatic carbocycles. The molecule has 1 aliphatic rings. The zero-order chi connectivity index (χ0) is 16.3. The Morgan fingerprint density at radius 1 is 1.18 bits per heavy atom. The van der Waals surface area contributed by atoms with Crippen LogP contribution in [0.15, 0.2) is 34.6 Å². The lowest BCUT2D eigenvalue weighted by Crippen LogP contribution is -1.96. The number of aliphatic hydroxyl groups is 1. The van der Waals surface area contributed by atoms with Crippen molar-refractivity contribution in [3.8, 4) is 0 Å². The SMILES string of the molecule is C.C.C/C=C(\C)C(C)=O.CC(=O)C1=CCC(C)=C1O.CCC. The van der Waals surface area contributed by atoms with Gasteiger partial charge in [-0.3, -0.25) is 9.59 Å². The fourth-order valence-electron chi connectivity index (χ4n) is 1.19. The molecule has 0 spiro atoms. The zero-order valence-corrected chi connectivity index (χ0v) is 13.8. The quantitative estimate of drug-likeness (QED) is 0.639. The van der Waals surface area contributed by atoms with Crippen molar-refractivity contribution in [2.24, 2.45) is 0 Å². The number of hydrogen-bond acceptors (Lipinski definition) is 3. The summed E-state index contributed by atoms with van der Waals surface area (Å²) in [5.41, 5.74) is 2.18. The van der Waals surface area contributed by atoms with Crippen LogP contribution in [0.4, 0.5) is 0 Å². The van der Waals surface area contributed by atoms with Gasteiger partial charge in [-0.2, -0.15) is 0 Å². The first kappa shape index (κ1) is 28.5. The summed E-state index contributed by atoms with van der Waals surface area (Å²) >= 11 is 0. The van der Waals surface area contributed by atoms with E-state index in [1.54, 1.807) is 13.0 Å². The maximum absolute atomic E-state index is 10.7. The van der Waals surface area contributed by atoms with Gasteiger partial charge in [0.2, 0.25) is 0 Å². The number of carbonyl (C=O) groups is 2. The highest BCUT2D eigenvalue weighted by Gasteiger charge is 2.16. The molecule has 0 amide bonds. The maximum Gasteiger partial charge on any atom is 0.163 e. The first-order valence-corrected chi connectivity index (χ1v) is 6.96. The van der Waals surface area contributed by atoms with Gasteiger partial charge in [-0.05, 0) is 52.2 Å². The van der Waals surface area contributed by atoms with Gasteiger partial charge in [0.25, 0.3) is 0 Å². The number of aliphatic hydroxyl groups excluding tert-OH is 1. The lowest BCUT2D eigenvalue weighted by Gasteiger charge is -1.96. The minimum Gasteiger partial charge on any atom is -0.507 e. The summed E-state index contributed by atoms with van der Waals surface area (Å²) in [6, 6.07) is 0. The van der Waals surface area contributed by atoms with Gasteiger partial charge in [-0.15, -0.1) is 0 Å². The van der Waals surface area contributed by atoms with Crippen LogP contribution >= 0.6 is 0 Å². The number of allylic oxidation sites excluding steroid dienone is 5. The molecule has 0 heterocycles. The fourth-order valence-corrected chi connectivity index (χ4v) is 1.19. The van der Waals surface area contributed by atoms with E-state index in [9.17, 15) is 14.7 Å². The van der Waals surface area contributed by atoms with Gasteiger partial charge in [0.15, 0.2) is 11.6 Å². The molecule has 0 aromatic rings. The number of rotatable bonds is 2. The van der Waals surface area contributed by atoms with E-state index in [4.69, 9.17) is 0 Å². The van der Waals surface area contributed by atoms with Crippen molar-refractivity contribution in [3.63, 3.8) is 0 Å². The molecule has 0 fully saturated rings. The van der Waals surface area contributed by atoms with Crippen LogP contribution in [0.3, 0.4) is 0 Å². The van der Waals surface area contributed by atoms with Crippen LogP contribution in [-0.4, -0.2) is 16.7 Å². The van der Waals surface area contributed by atoms with Crippen molar-refractivity contribution in [2.45, 2.75) is 76.2 Å². The highest BCUT2D eigenvalue weighted by molar-refractivity contribution is 5.97. The van der Waals surface area contributed by atoms with E-state index in [1.807, 2.05) is 26.8 Å². The van der Waals surface area contributed by atoms with Gasteiger partial charge in [0.05, 0.1) is 5.57 Å². The Morgan fingerprint density at radius 3 is 1.68 bits per heavy atom. The van der Waals surface area contributed by atoms with E-state index in [0.29, 0.717) is 12.0 Å². The molecule has 1 rings (SSSR count). The molecule has 0 bridgehead atoms. The van der Waals surface area contributed by atoms with Crippen LogP contribution < -0.4 is 0 Å². The monoisotopic (exact) mass is 312 g/mol. The third kappa shape index (κ3) is 12.1. The van der Waals surface area contributed by atoms with Crippen molar-refractivity contribution in [2.75, 3.05) is 0 Å². The van der Waals surface area contributed by atoms with Gasteiger partial charge >= 0.3 is 0 Å². The van der Waals surface area contributed by atoms with E-state index in [1.165, 1.54) is 13.3 Å². The molecule has 130 valence electrons. The molecule has 1 aliphatic carbocycles. The number of Topliss-reactive ketones (excluding diaryl/α,β-unsaturated/α-hetero) is 2. The Kier molecular flexibility index (Phi) is 20.4. The van der Waals surface area contributed by atoms with E-state index < -0.39 is 0 Å². The van der Waals surface area contributed by atoms with E-state index in [0.717, 1.165) is 11.1 Å². The standard InChI is InChI=1S/C8H10O2.C6H10O.C3H8.2CH4/c1-5-3-4-7(6(2)9)8(5)10;1-4-5(2)6(3)7;1-3-2;;/h4,10H,3H2,1-2H3;4H,1-3H3;3H2,1-2H3;2*1H4/b;5-4+;;;.